The zero-order valence-electron chi connectivity index (χ0n) is 15.2. The van der Waals surface area contributed by atoms with Gasteiger partial charge in [-0.15, -0.1) is 0 Å². The van der Waals surface area contributed by atoms with Gasteiger partial charge < -0.3 is 15.0 Å². The summed E-state index contributed by atoms with van der Waals surface area (Å²) < 4.78 is 5.16. The quantitative estimate of drug-likeness (QED) is 0.734. The molecule has 0 bridgehead atoms. The third kappa shape index (κ3) is 4.03. The highest BCUT2D eigenvalue weighted by Gasteiger charge is 2.26. The predicted octanol–water partition coefficient (Wildman–Crippen LogP) is 3.23. The Bertz CT molecular complexity index is 884. The smallest absolute Gasteiger partial charge is 0.223 e. The number of hydrogen-bond donors (Lipinski definition) is 1. The van der Waals surface area contributed by atoms with Crippen LogP contribution >= 0.6 is 11.3 Å². The van der Waals surface area contributed by atoms with E-state index in [1.165, 1.54) is 0 Å². The van der Waals surface area contributed by atoms with Crippen molar-refractivity contribution >= 4 is 32.7 Å². The highest BCUT2D eigenvalue weighted by molar-refractivity contribution is 7.21. The zero-order valence-corrected chi connectivity index (χ0v) is 16.0. The number of methoxy groups -OCH3 is 1. The average Bonchev–Trinajstić information content (AvgIpc) is 3.17. The molecule has 1 aromatic carbocycles. The average molecular weight is 382 g/mol. The minimum Gasteiger partial charge on any atom is -0.497 e. The second-order valence-electron chi connectivity index (χ2n) is 6.65. The Balaban J connectivity index is 1.29. The van der Waals surface area contributed by atoms with E-state index in [1.54, 1.807) is 24.6 Å². The molecule has 140 valence electrons. The van der Waals surface area contributed by atoms with Crippen LogP contribution in [-0.4, -0.2) is 36.1 Å². The number of anilines is 1. The molecule has 0 unspecified atom stereocenters. The Morgan fingerprint density at radius 1 is 1.26 bits per heavy atom. The van der Waals surface area contributed by atoms with Gasteiger partial charge in [0, 0.05) is 31.7 Å². The van der Waals surface area contributed by atoms with Crippen molar-refractivity contribution in [2.45, 2.75) is 19.4 Å². The highest BCUT2D eigenvalue weighted by atomic mass is 32.1. The molecular weight excluding hydrogens is 360 g/mol. The van der Waals surface area contributed by atoms with Gasteiger partial charge in [0.1, 0.15) is 16.1 Å². The summed E-state index contributed by atoms with van der Waals surface area (Å²) in [5, 5.41) is 4.06. The van der Waals surface area contributed by atoms with Crippen molar-refractivity contribution in [2.75, 3.05) is 25.1 Å². The van der Waals surface area contributed by atoms with Gasteiger partial charge in [-0.3, -0.25) is 4.79 Å². The molecule has 27 heavy (non-hydrogen) atoms. The van der Waals surface area contributed by atoms with Crippen molar-refractivity contribution in [1.29, 1.82) is 0 Å². The van der Waals surface area contributed by atoms with Crippen LogP contribution in [0.25, 0.3) is 10.3 Å². The van der Waals surface area contributed by atoms with E-state index in [1.807, 2.05) is 36.4 Å². The molecule has 0 radical (unpaired) electrons. The van der Waals surface area contributed by atoms with E-state index in [0.29, 0.717) is 6.54 Å². The summed E-state index contributed by atoms with van der Waals surface area (Å²) >= 11 is 1.62. The van der Waals surface area contributed by atoms with Gasteiger partial charge in [0.2, 0.25) is 5.91 Å². The van der Waals surface area contributed by atoms with E-state index in [0.717, 1.165) is 52.7 Å². The first-order valence-electron chi connectivity index (χ1n) is 9.10. The number of carbonyl (C=O) groups excluding carboxylic acids is 1. The maximum atomic E-state index is 12.5. The minimum atomic E-state index is 0.0620. The van der Waals surface area contributed by atoms with Gasteiger partial charge in [-0.1, -0.05) is 23.5 Å². The van der Waals surface area contributed by atoms with E-state index in [2.05, 4.69) is 20.2 Å². The molecule has 1 fully saturated rings. The van der Waals surface area contributed by atoms with Crippen LogP contribution in [-0.2, 0) is 11.3 Å². The number of nitrogens with zero attached hydrogens (tertiary/aromatic N) is 3. The standard InChI is InChI=1S/C20H22N4O2S/c1-26-16-6-4-14(5-7-16)13-22-18(25)15-8-11-24(12-9-15)20-23-17-3-2-10-21-19(17)27-20/h2-7,10,15H,8-9,11-13H2,1H3,(H,22,25). The molecule has 3 heterocycles. The number of nitrogens with one attached hydrogen (secondary N) is 1. The summed E-state index contributed by atoms with van der Waals surface area (Å²) in [6, 6.07) is 11.7. The van der Waals surface area contributed by atoms with Gasteiger partial charge >= 0.3 is 0 Å². The zero-order chi connectivity index (χ0) is 18.6. The Hall–Kier alpha value is -2.67. The number of hydrogen-bond acceptors (Lipinski definition) is 6. The van der Waals surface area contributed by atoms with E-state index in [-0.39, 0.29) is 11.8 Å². The second-order valence-corrected chi connectivity index (χ2v) is 7.61. The summed E-state index contributed by atoms with van der Waals surface area (Å²) in [6.45, 7) is 2.24. The third-order valence-electron chi connectivity index (χ3n) is 4.92. The lowest BCUT2D eigenvalue weighted by atomic mass is 9.96. The lowest BCUT2D eigenvalue weighted by molar-refractivity contribution is -0.125. The number of thiazole rings is 1. The number of carbonyl (C=O) groups is 1. The van der Waals surface area contributed by atoms with Crippen molar-refractivity contribution in [3.05, 3.63) is 48.2 Å². The van der Waals surface area contributed by atoms with E-state index in [9.17, 15) is 4.79 Å². The van der Waals surface area contributed by atoms with Crippen LogP contribution in [0, 0.1) is 5.92 Å². The Labute approximate surface area is 162 Å². The largest absolute Gasteiger partial charge is 0.497 e. The summed E-state index contributed by atoms with van der Waals surface area (Å²) in [5.41, 5.74) is 2.01. The Morgan fingerprint density at radius 3 is 2.74 bits per heavy atom. The van der Waals surface area contributed by atoms with Crippen LogP contribution in [0.4, 0.5) is 5.13 Å². The Kier molecular flexibility index (Phi) is 5.20. The molecule has 4 rings (SSSR count). The van der Waals surface area contributed by atoms with E-state index >= 15 is 0 Å². The first-order chi connectivity index (χ1) is 13.2. The van der Waals surface area contributed by atoms with Gasteiger partial charge in [0.05, 0.1) is 7.11 Å². The fraction of sp³-hybridized carbons (Fsp3) is 0.350. The number of benzene rings is 1. The van der Waals surface area contributed by atoms with Crippen molar-refractivity contribution in [3.63, 3.8) is 0 Å². The van der Waals surface area contributed by atoms with Crippen molar-refractivity contribution in [3.8, 4) is 5.75 Å². The summed E-state index contributed by atoms with van der Waals surface area (Å²) in [6.07, 6.45) is 3.49. The molecule has 0 saturated carbocycles. The number of rotatable bonds is 5. The molecule has 0 aliphatic carbocycles. The number of amides is 1. The SMILES string of the molecule is COc1ccc(CNC(=O)C2CCN(c3nc4cccnc4s3)CC2)cc1. The molecule has 1 saturated heterocycles. The van der Waals surface area contributed by atoms with Crippen LogP contribution in [0.2, 0.25) is 0 Å². The number of aromatic nitrogens is 2. The third-order valence-corrected chi connectivity index (χ3v) is 5.96. The summed E-state index contributed by atoms with van der Waals surface area (Å²) in [7, 11) is 1.65. The van der Waals surface area contributed by atoms with Crippen molar-refractivity contribution < 1.29 is 9.53 Å². The van der Waals surface area contributed by atoms with Crippen LogP contribution in [0.3, 0.4) is 0 Å². The monoisotopic (exact) mass is 382 g/mol. The van der Waals surface area contributed by atoms with Gasteiger partial charge in [0.25, 0.3) is 0 Å². The second kappa shape index (κ2) is 7.92. The fourth-order valence-electron chi connectivity index (χ4n) is 3.30. The maximum Gasteiger partial charge on any atom is 0.223 e. The molecule has 1 amide bonds. The summed E-state index contributed by atoms with van der Waals surface area (Å²) in [4.78, 5) is 24.8. The number of fused-ring (bicyclic) bond motifs is 1. The van der Waals surface area contributed by atoms with Gasteiger partial charge in [-0.2, -0.15) is 0 Å². The molecule has 7 heteroatoms. The lowest BCUT2D eigenvalue weighted by Crippen LogP contribution is -2.40. The molecule has 2 aromatic heterocycles. The van der Waals surface area contributed by atoms with E-state index in [4.69, 9.17) is 4.74 Å². The predicted molar refractivity (Wildman–Crippen MR) is 107 cm³/mol. The Morgan fingerprint density at radius 2 is 2.04 bits per heavy atom. The molecular formula is C20H22N4O2S. The highest BCUT2D eigenvalue weighted by Crippen LogP contribution is 2.30. The molecule has 0 atom stereocenters. The molecule has 6 nitrogen and oxygen atoms in total. The van der Waals surface area contributed by atoms with Crippen LogP contribution in [0.1, 0.15) is 18.4 Å². The molecule has 3 aromatic rings. The van der Waals surface area contributed by atoms with Crippen molar-refractivity contribution in [2.24, 2.45) is 5.92 Å². The first-order valence-corrected chi connectivity index (χ1v) is 9.92. The molecule has 1 N–H and O–H groups in total. The van der Waals surface area contributed by atoms with Gasteiger partial charge in [-0.25, -0.2) is 9.97 Å². The molecule has 1 aliphatic heterocycles. The minimum absolute atomic E-state index is 0.0620. The first kappa shape index (κ1) is 17.7. The van der Waals surface area contributed by atoms with Crippen LogP contribution in [0.5, 0.6) is 5.75 Å². The number of ether oxygens (including phenoxy) is 1. The lowest BCUT2D eigenvalue weighted by Gasteiger charge is -2.31. The number of pyridine rings is 1. The summed E-state index contributed by atoms with van der Waals surface area (Å²) in [5.74, 6) is 1.02. The van der Waals surface area contributed by atoms with E-state index < -0.39 is 0 Å². The number of piperidine rings is 1. The van der Waals surface area contributed by atoms with Gasteiger partial charge in [0.15, 0.2) is 5.13 Å². The van der Waals surface area contributed by atoms with Crippen molar-refractivity contribution in [1.82, 2.24) is 15.3 Å². The van der Waals surface area contributed by atoms with Crippen LogP contribution in [0.15, 0.2) is 42.6 Å². The molecule has 0 spiro atoms. The van der Waals surface area contributed by atoms with Gasteiger partial charge in [-0.05, 0) is 42.7 Å². The maximum absolute atomic E-state index is 12.5. The topological polar surface area (TPSA) is 67.3 Å². The fourth-order valence-corrected chi connectivity index (χ4v) is 4.26. The normalized spacial score (nSPS) is 15.1. The van der Waals surface area contributed by atoms with Crippen LogP contribution < -0.4 is 15.0 Å². The molecule has 1 aliphatic rings.